The van der Waals surface area contributed by atoms with Crippen LogP contribution in [-0.4, -0.2) is 32.7 Å². The molecule has 102 valence electrons. The van der Waals surface area contributed by atoms with Gasteiger partial charge >= 0.3 is 5.97 Å². The van der Waals surface area contributed by atoms with Gasteiger partial charge in [-0.05, 0) is 18.2 Å². The van der Waals surface area contributed by atoms with E-state index in [1.807, 2.05) is 0 Å². The highest BCUT2D eigenvalue weighted by molar-refractivity contribution is 8.00. The maximum Gasteiger partial charge on any atom is 0.337 e. The molecule has 2 N–H and O–H groups in total. The Kier molecular flexibility index (Phi) is 4.67. The number of aromatic carboxylic acids is 1. The zero-order chi connectivity index (χ0) is 14.4. The second-order valence-electron chi connectivity index (χ2n) is 3.75. The first-order valence-electron chi connectivity index (χ1n) is 5.67. The predicted octanol–water partition coefficient (Wildman–Crippen LogP) is 1.91. The number of aromatic nitrogens is 2. The van der Waals surface area contributed by atoms with E-state index in [0.29, 0.717) is 0 Å². The molecule has 0 aromatic carbocycles. The Hall–Kier alpha value is -2.41. The molecule has 0 saturated carbocycles. The summed E-state index contributed by atoms with van der Waals surface area (Å²) in [6.45, 7) is 0. The first-order valence-corrected chi connectivity index (χ1v) is 6.65. The van der Waals surface area contributed by atoms with Gasteiger partial charge in [-0.1, -0.05) is 0 Å². The summed E-state index contributed by atoms with van der Waals surface area (Å²) in [5, 5.41) is 11.5. The summed E-state index contributed by atoms with van der Waals surface area (Å²) in [4.78, 5) is 31.4. The summed E-state index contributed by atoms with van der Waals surface area (Å²) in [6, 6.07) is 4.93. The predicted molar refractivity (Wildman–Crippen MR) is 74.8 cm³/mol. The second-order valence-corrected chi connectivity index (χ2v) is 4.79. The third-order valence-electron chi connectivity index (χ3n) is 2.35. The van der Waals surface area contributed by atoms with Crippen molar-refractivity contribution in [2.45, 2.75) is 4.90 Å². The normalized spacial score (nSPS) is 10.0. The van der Waals surface area contributed by atoms with E-state index in [-0.39, 0.29) is 22.9 Å². The monoisotopic (exact) mass is 289 g/mol. The molecule has 0 aliphatic heterocycles. The number of pyridine rings is 2. The van der Waals surface area contributed by atoms with E-state index in [9.17, 15) is 9.59 Å². The van der Waals surface area contributed by atoms with Crippen LogP contribution in [0.25, 0.3) is 0 Å². The van der Waals surface area contributed by atoms with Crippen LogP contribution >= 0.6 is 11.8 Å². The van der Waals surface area contributed by atoms with Gasteiger partial charge in [-0.3, -0.25) is 14.8 Å². The van der Waals surface area contributed by atoms with Crippen LogP contribution in [0.2, 0.25) is 0 Å². The summed E-state index contributed by atoms with van der Waals surface area (Å²) >= 11 is 1.34. The molecule has 0 unspecified atom stereocenters. The minimum Gasteiger partial charge on any atom is -0.478 e. The lowest BCUT2D eigenvalue weighted by atomic mass is 10.2. The third-order valence-corrected chi connectivity index (χ3v) is 3.36. The number of nitrogens with one attached hydrogen (secondary N) is 1. The topological polar surface area (TPSA) is 92.2 Å². The fourth-order valence-corrected chi connectivity index (χ4v) is 2.13. The van der Waals surface area contributed by atoms with Crippen molar-refractivity contribution >= 4 is 29.3 Å². The van der Waals surface area contributed by atoms with Crippen molar-refractivity contribution in [3.8, 4) is 0 Å². The molecule has 0 saturated heterocycles. The molecule has 2 rings (SSSR count). The van der Waals surface area contributed by atoms with E-state index in [0.717, 1.165) is 4.90 Å². The van der Waals surface area contributed by atoms with Crippen molar-refractivity contribution in [3.05, 3.63) is 48.5 Å². The van der Waals surface area contributed by atoms with Crippen LogP contribution in [0, 0.1) is 0 Å². The number of carbonyl (C=O) groups is 2. The Morgan fingerprint density at radius 2 is 1.85 bits per heavy atom. The molecule has 0 spiro atoms. The highest BCUT2D eigenvalue weighted by atomic mass is 32.2. The van der Waals surface area contributed by atoms with E-state index in [1.165, 1.54) is 30.2 Å². The summed E-state index contributed by atoms with van der Waals surface area (Å²) in [7, 11) is 0. The van der Waals surface area contributed by atoms with Gasteiger partial charge < -0.3 is 10.4 Å². The lowest BCUT2D eigenvalue weighted by Gasteiger charge is -2.07. The molecule has 7 heteroatoms. The van der Waals surface area contributed by atoms with Crippen LogP contribution in [0.5, 0.6) is 0 Å². The van der Waals surface area contributed by atoms with Crippen molar-refractivity contribution in [1.29, 1.82) is 0 Å². The van der Waals surface area contributed by atoms with Gasteiger partial charge in [0.05, 0.1) is 23.2 Å². The van der Waals surface area contributed by atoms with Crippen LogP contribution in [0.15, 0.2) is 47.9 Å². The Balaban J connectivity index is 1.97. The van der Waals surface area contributed by atoms with Crippen molar-refractivity contribution in [3.63, 3.8) is 0 Å². The maximum absolute atomic E-state index is 11.8. The Labute approximate surface area is 119 Å². The Bertz CT molecular complexity index is 619. The number of thioether (sulfide) groups is 1. The molecule has 0 fully saturated rings. The van der Waals surface area contributed by atoms with Gasteiger partial charge in [0, 0.05) is 23.5 Å². The van der Waals surface area contributed by atoms with Gasteiger partial charge in [-0.2, -0.15) is 0 Å². The van der Waals surface area contributed by atoms with Gasteiger partial charge in [-0.15, -0.1) is 11.8 Å². The van der Waals surface area contributed by atoms with Crippen molar-refractivity contribution in [1.82, 2.24) is 9.97 Å². The standard InChI is InChI=1S/C13H11N3O3S/c17-12(8-20-9-1-4-14-5-2-9)16-11-7-15-6-3-10(11)13(18)19/h1-7H,8H2,(H,16,17)(H,18,19). The van der Waals surface area contributed by atoms with Crippen LogP contribution in [0.4, 0.5) is 5.69 Å². The number of carboxylic acids is 1. The van der Waals surface area contributed by atoms with Crippen LogP contribution in [0.1, 0.15) is 10.4 Å². The summed E-state index contributed by atoms with van der Waals surface area (Å²) in [6.07, 6.45) is 5.97. The molecule has 6 nitrogen and oxygen atoms in total. The zero-order valence-corrected chi connectivity index (χ0v) is 11.1. The van der Waals surface area contributed by atoms with Crippen molar-refractivity contribution in [2.24, 2.45) is 0 Å². The van der Waals surface area contributed by atoms with Crippen LogP contribution in [-0.2, 0) is 4.79 Å². The summed E-state index contributed by atoms with van der Waals surface area (Å²) in [5.74, 6) is -1.22. The second kappa shape index (κ2) is 6.67. The Morgan fingerprint density at radius 3 is 2.55 bits per heavy atom. The minimum atomic E-state index is -1.11. The van der Waals surface area contributed by atoms with E-state index in [2.05, 4.69) is 15.3 Å². The molecule has 0 radical (unpaired) electrons. The lowest BCUT2D eigenvalue weighted by molar-refractivity contribution is -0.113. The first kappa shape index (κ1) is 14.0. The van der Waals surface area contributed by atoms with E-state index in [1.54, 1.807) is 24.5 Å². The molecule has 20 heavy (non-hydrogen) atoms. The fraction of sp³-hybridized carbons (Fsp3) is 0.0769. The van der Waals surface area contributed by atoms with E-state index in [4.69, 9.17) is 5.11 Å². The fourth-order valence-electron chi connectivity index (χ4n) is 1.45. The molecule has 2 aromatic heterocycles. The first-order chi connectivity index (χ1) is 9.66. The molecular weight excluding hydrogens is 278 g/mol. The number of rotatable bonds is 5. The SMILES string of the molecule is O=C(CSc1ccncc1)Nc1cnccc1C(=O)O. The van der Waals surface area contributed by atoms with Crippen LogP contribution < -0.4 is 5.32 Å². The number of carboxylic acid groups (broad SMARTS) is 1. The molecule has 0 bridgehead atoms. The number of carbonyl (C=O) groups excluding carboxylic acids is 1. The minimum absolute atomic E-state index is 0.0160. The maximum atomic E-state index is 11.8. The van der Waals surface area contributed by atoms with Gasteiger partial charge in [0.15, 0.2) is 0 Å². The molecule has 1 amide bonds. The number of amides is 1. The smallest absolute Gasteiger partial charge is 0.337 e. The molecule has 0 aliphatic rings. The average molecular weight is 289 g/mol. The van der Waals surface area contributed by atoms with Crippen molar-refractivity contribution in [2.75, 3.05) is 11.1 Å². The van der Waals surface area contributed by atoms with Gasteiger partial charge in [0.1, 0.15) is 0 Å². The lowest BCUT2D eigenvalue weighted by Crippen LogP contribution is -2.16. The van der Waals surface area contributed by atoms with Gasteiger partial charge in [0.2, 0.25) is 5.91 Å². The highest BCUT2D eigenvalue weighted by Gasteiger charge is 2.12. The van der Waals surface area contributed by atoms with E-state index < -0.39 is 5.97 Å². The quantitative estimate of drug-likeness (QED) is 0.817. The van der Waals surface area contributed by atoms with Crippen LogP contribution in [0.3, 0.4) is 0 Å². The summed E-state index contributed by atoms with van der Waals surface area (Å²) < 4.78 is 0. The number of nitrogens with zero attached hydrogens (tertiary/aromatic N) is 2. The molecule has 0 atom stereocenters. The zero-order valence-electron chi connectivity index (χ0n) is 10.3. The Morgan fingerprint density at radius 1 is 1.15 bits per heavy atom. The number of hydrogen-bond acceptors (Lipinski definition) is 5. The molecule has 0 aliphatic carbocycles. The van der Waals surface area contributed by atoms with E-state index >= 15 is 0 Å². The largest absolute Gasteiger partial charge is 0.478 e. The average Bonchev–Trinajstić information content (AvgIpc) is 2.46. The van der Waals surface area contributed by atoms with Crippen molar-refractivity contribution < 1.29 is 14.7 Å². The third kappa shape index (κ3) is 3.79. The molecular formula is C13H11N3O3S. The van der Waals surface area contributed by atoms with Gasteiger partial charge in [-0.25, -0.2) is 4.79 Å². The molecule has 2 heterocycles. The number of anilines is 1. The van der Waals surface area contributed by atoms with Gasteiger partial charge in [0.25, 0.3) is 0 Å². The molecule has 2 aromatic rings. The highest BCUT2D eigenvalue weighted by Crippen LogP contribution is 2.18. The summed E-state index contributed by atoms with van der Waals surface area (Å²) in [5.41, 5.74) is 0.211. The number of hydrogen-bond donors (Lipinski definition) is 2.